The molecule has 1 aromatic heterocycles. The van der Waals surface area contributed by atoms with Crippen LogP contribution in [0.2, 0.25) is 0 Å². The normalized spacial score (nSPS) is 11.1. The predicted octanol–water partition coefficient (Wildman–Crippen LogP) is 1.99. The van der Waals surface area contributed by atoms with Gasteiger partial charge in [0.05, 0.1) is 18.3 Å². The maximum absolute atomic E-state index is 11.8. The van der Waals surface area contributed by atoms with Gasteiger partial charge < -0.3 is 4.74 Å². The summed E-state index contributed by atoms with van der Waals surface area (Å²) in [5.41, 5.74) is 2.07. The molecular formula is C11H15NO4S. The van der Waals surface area contributed by atoms with Gasteiger partial charge in [-0.25, -0.2) is 10.3 Å². The summed E-state index contributed by atoms with van der Waals surface area (Å²) in [6.07, 6.45) is 0. The van der Waals surface area contributed by atoms with E-state index in [-0.39, 0.29) is 10.4 Å². The average Bonchev–Trinajstić information content (AvgIpc) is 2.72. The van der Waals surface area contributed by atoms with Crippen LogP contribution in [-0.2, 0) is 9.57 Å². The number of nitrogens with one attached hydrogen (secondary N) is 1. The SMILES string of the molecule is COC(=O)c1sccc1C(=O)NOC(C)(C)C. The minimum Gasteiger partial charge on any atom is -0.465 e. The Morgan fingerprint density at radius 2 is 2.00 bits per heavy atom. The molecule has 0 saturated carbocycles. The molecule has 0 radical (unpaired) electrons. The van der Waals surface area contributed by atoms with Crippen LogP contribution in [0.3, 0.4) is 0 Å². The first-order valence-corrected chi connectivity index (χ1v) is 5.87. The Hall–Kier alpha value is -1.40. The molecule has 0 aliphatic rings. The molecule has 17 heavy (non-hydrogen) atoms. The number of hydrogen-bond donors (Lipinski definition) is 1. The fourth-order valence-corrected chi connectivity index (χ4v) is 1.80. The third-order valence-electron chi connectivity index (χ3n) is 1.73. The van der Waals surface area contributed by atoms with Gasteiger partial charge in [0.2, 0.25) is 0 Å². The van der Waals surface area contributed by atoms with Gasteiger partial charge in [0, 0.05) is 0 Å². The first-order chi connectivity index (χ1) is 7.85. The van der Waals surface area contributed by atoms with Crippen molar-refractivity contribution >= 4 is 23.2 Å². The van der Waals surface area contributed by atoms with E-state index in [0.717, 1.165) is 11.3 Å². The van der Waals surface area contributed by atoms with Crippen LogP contribution in [0.5, 0.6) is 0 Å². The topological polar surface area (TPSA) is 64.6 Å². The fourth-order valence-electron chi connectivity index (χ4n) is 0.993. The lowest BCUT2D eigenvalue weighted by atomic mass is 10.2. The van der Waals surface area contributed by atoms with Crippen molar-refractivity contribution in [2.24, 2.45) is 0 Å². The zero-order chi connectivity index (χ0) is 13.1. The Kier molecular flexibility index (Phi) is 4.25. The Morgan fingerprint density at radius 1 is 1.35 bits per heavy atom. The number of carbonyl (C=O) groups excluding carboxylic acids is 2. The number of hydroxylamine groups is 1. The third kappa shape index (κ3) is 3.83. The Bertz CT molecular complexity index is 419. The van der Waals surface area contributed by atoms with Crippen LogP contribution in [-0.4, -0.2) is 24.6 Å². The van der Waals surface area contributed by atoms with Gasteiger partial charge in [0.25, 0.3) is 5.91 Å². The molecular weight excluding hydrogens is 242 g/mol. The maximum Gasteiger partial charge on any atom is 0.348 e. The Morgan fingerprint density at radius 3 is 2.53 bits per heavy atom. The van der Waals surface area contributed by atoms with Crippen molar-refractivity contribution in [3.05, 3.63) is 21.9 Å². The number of methoxy groups -OCH3 is 1. The van der Waals surface area contributed by atoms with Crippen LogP contribution in [0, 0.1) is 0 Å². The van der Waals surface area contributed by atoms with Crippen molar-refractivity contribution in [1.29, 1.82) is 0 Å². The van der Waals surface area contributed by atoms with Gasteiger partial charge in [-0.2, -0.15) is 0 Å². The van der Waals surface area contributed by atoms with Crippen LogP contribution < -0.4 is 5.48 Å². The van der Waals surface area contributed by atoms with Crippen LogP contribution in [0.25, 0.3) is 0 Å². The van der Waals surface area contributed by atoms with E-state index in [9.17, 15) is 9.59 Å². The van der Waals surface area contributed by atoms with Crippen molar-refractivity contribution in [3.8, 4) is 0 Å². The quantitative estimate of drug-likeness (QED) is 0.664. The standard InChI is InChI=1S/C11H15NO4S/c1-11(2,3)16-12-9(13)7-5-6-17-8(7)10(14)15-4/h5-6H,1-4H3,(H,12,13). The smallest absolute Gasteiger partial charge is 0.348 e. The molecule has 0 bridgehead atoms. The number of amides is 1. The second-order valence-electron chi connectivity index (χ2n) is 4.30. The van der Waals surface area contributed by atoms with Gasteiger partial charge in [-0.1, -0.05) is 0 Å². The second-order valence-corrected chi connectivity index (χ2v) is 5.22. The van der Waals surface area contributed by atoms with Crippen LogP contribution >= 0.6 is 11.3 Å². The van der Waals surface area contributed by atoms with E-state index in [1.165, 1.54) is 7.11 Å². The molecule has 5 nitrogen and oxygen atoms in total. The lowest BCUT2D eigenvalue weighted by molar-refractivity contribution is -0.0589. The molecule has 0 spiro atoms. The summed E-state index contributed by atoms with van der Waals surface area (Å²) >= 11 is 1.15. The molecule has 1 amide bonds. The first kappa shape index (κ1) is 13.7. The van der Waals surface area contributed by atoms with Crippen molar-refractivity contribution in [2.75, 3.05) is 7.11 Å². The summed E-state index contributed by atoms with van der Waals surface area (Å²) in [4.78, 5) is 28.5. The molecule has 0 fully saturated rings. The van der Waals surface area contributed by atoms with E-state index < -0.39 is 17.5 Å². The number of thiophene rings is 1. The molecule has 94 valence electrons. The molecule has 1 heterocycles. The van der Waals surface area contributed by atoms with Gasteiger partial charge >= 0.3 is 5.97 Å². The molecule has 0 aliphatic heterocycles. The number of rotatable bonds is 3. The summed E-state index contributed by atoms with van der Waals surface area (Å²) in [7, 11) is 1.27. The zero-order valence-electron chi connectivity index (χ0n) is 10.2. The molecule has 6 heteroatoms. The monoisotopic (exact) mass is 257 g/mol. The fraction of sp³-hybridized carbons (Fsp3) is 0.455. The van der Waals surface area contributed by atoms with Crippen molar-refractivity contribution in [3.63, 3.8) is 0 Å². The number of carbonyl (C=O) groups is 2. The van der Waals surface area contributed by atoms with E-state index in [4.69, 9.17) is 4.84 Å². The molecule has 0 saturated heterocycles. The van der Waals surface area contributed by atoms with Gasteiger partial charge in [0.15, 0.2) is 0 Å². The van der Waals surface area contributed by atoms with Crippen LogP contribution in [0.4, 0.5) is 0 Å². The summed E-state index contributed by atoms with van der Waals surface area (Å²) in [6, 6.07) is 1.55. The number of ether oxygens (including phenoxy) is 1. The highest BCUT2D eigenvalue weighted by molar-refractivity contribution is 7.12. The molecule has 1 rings (SSSR count). The van der Waals surface area contributed by atoms with Crippen LogP contribution in [0.1, 0.15) is 40.8 Å². The van der Waals surface area contributed by atoms with Crippen molar-refractivity contribution in [1.82, 2.24) is 5.48 Å². The van der Waals surface area contributed by atoms with E-state index in [1.54, 1.807) is 11.4 Å². The van der Waals surface area contributed by atoms with Crippen molar-refractivity contribution < 1.29 is 19.2 Å². The lowest BCUT2D eigenvalue weighted by Gasteiger charge is -2.18. The van der Waals surface area contributed by atoms with Gasteiger partial charge in [-0.05, 0) is 32.2 Å². The summed E-state index contributed by atoms with van der Waals surface area (Å²) < 4.78 is 4.58. The minimum absolute atomic E-state index is 0.256. The molecule has 0 aromatic carbocycles. The largest absolute Gasteiger partial charge is 0.465 e. The van der Waals surface area contributed by atoms with Gasteiger partial charge in [0.1, 0.15) is 4.88 Å². The highest BCUT2D eigenvalue weighted by atomic mass is 32.1. The first-order valence-electron chi connectivity index (χ1n) is 4.99. The Balaban J connectivity index is 2.76. The van der Waals surface area contributed by atoms with Crippen molar-refractivity contribution in [2.45, 2.75) is 26.4 Å². The molecule has 0 unspecified atom stereocenters. The van der Waals surface area contributed by atoms with Crippen LogP contribution in [0.15, 0.2) is 11.4 Å². The minimum atomic E-state index is -0.527. The Labute approximate surface area is 104 Å². The third-order valence-corrected chi connectivity index (χ3v) is 2.63. The summed E-state index contributed by atoms with van der Waals surface area (Å²) in [5, 5.41) is 1.65. The zero-order valence-corrected chi connectivity index (χ0v) is 11.0. The molecule has 1 N–H and O–H groups in total. The van der Waals surface area contributed by atoms with E-state index >= 15 is 0 Å². The predicted molar refractivity (Wildman–Crippen MR) is 64.0 cm³/mol. The van der Waals surface area contributed by atoms with E-state index in [0.29, 0.717) is 0 Å². The average molecular weight is 257 g/mol. The highest BCUT2D eigenvalue weighted by Gasteiger charge is 2.21. The summed E-state index contributed by atoms with van der Waals surface area (Å²) in [6.45, 7) is 5.42. The van der Waals surface area contributed by atoms with E-state index in [2.05, 4.69) is 10.2 Å². The molecule has 1 aromatic rings. The molecule has 0 aliphatic carbocycles. The number of esters is 1. The summed E-state index contributed by atoms with van der Waals surface area (Å²) in [5.74, 6) is -0.984. The maximum atomic E-state index is 11.8. The number of hydrogen-bond acceptors (Lipinski definition) is 5. The second kappa shape index (κ2) is 5.29. The lowest BCUT2D eigenvalue weighted by Crippen LogP contribution is -2.34. The van der Waals surface area contributed by atoms with Gasteiger partial charge in [-0.3, -0.25) is 9.63 Å². The molecule has 0 atom stereocenters. The van der Waals surface area contributed by atoms with E-state index in [1.807, 2.05) is 20.8 Å². The van der Waals surface area contributed by atoms with Gasteiger partial charge in [-0.15, -0.1) is 11.3 Å². The highest BCUT2D eigenvalue weighted by Crippen LogP contribution is 2.18.